The summed E-state index contributed by atoms with van der Waals surface area (Å²) in [7, 11) is 0. The molecule has 0 radical (unpaired) electrons. The number of allylic oxidation sites excluding steroid dienone is 14. The number of dihydropyridines is 1. The van der Waals surface area contributed by atoms with Crippen LogP contribution in [-0.4, -0.2) is 25.6 Å². The van der Waals surface area contributed by atoms with Crippen molar-refractivity contribution in [2.75, 3.05) is 0 Å². The van der Waals surface area contributed by atoms with Crippen molar-refractivity contribution in [2.24, 2.45) is 5.92 Å². The summed E-state index contributed by atoms with van der Waals surface area (Å²) in [5.74, 6) is 3.83. The van der Waals surface area contributed by atoms with Crippen molar-refractivity contribution in [3.05, 3.63) is 184 Å². The third-order valence-corrected chi connectivity index (χ3v) is 12.5. The van der Waals surface area contributed by atoms with E-state index in [4.69, 9.17) is 19.7 Å². The van der Waals surface area contributed by atoms with Crippen molar-refractivity contribution in [3.63, 3.8) is 0 Å². The van der Waals surface area contributed by atoms with Crippen LogP contribution in [0.5, 0.6) is 0 Å². The van der Waals surface area contributed by atoms with Gasteiger partial charge in [0, 0.05) is 51.6 Å². The predicted molar refractivity (Wildman–Crippen MR) is 225 cm³/mol. The van der Waals surface area contributed by atoms with Crippen molar-refractivity contribution in [1.82, 2.24) is 24.8 Å². The van der Waals surface area contributed by atoms with E-state index in [1.54, 1.807) is 0 Å². The number of nitrogens with zero attached hydrogens (tertiary/aromatic N) is 4. The lowest BCUT2D eigenvalue weighted by molar-refractivity contribution is 0.114. The lowest BCUT2D eigenvalue weighted by atomic mass is 9.77. The van der Waals surface area contributed by atoms with Gasteiger partial charge in [-0.1, -0.05) is 115 Å². The fourth-order valence-corrected chi connectivity index (χ4v) is 9.77. The Bertz CT molecular complexity index is 2580. The van der Waals surface area contributed by atoms with Crippen LogP contribution in [0.25, 0.3) is 33.9 Å². The summed E-state index contributed by atoms with van der Waals surface area (Å²) in [5.41, 5.74) is 11.9. The first-order valence-corrected chi connectivity index (χ1v) is 20.6. The van der Waals surface area contributed by atoms with Gasteiger partial charge in [-0.25, -0.2) is 15.0 Å². The second-order valence-electron chi connectivity index (χ2n) is 15.8. The molecule has 4 heterocycles. The van der Waals surface area contributed by atoms with Crippen LogP contribution >= 0.6 is 0 Å². The number of fused-ring (bicyclic) bond motifs is 6. The number of nitrogens with one attached hydrogen (secondary N) is 1. The molecule has 1 N–H and O–H groups in total. The van der Waals surface area contributed by atoms with Gasteiger partial charge in [-0.3, -0.25) is 0 Å². The summed E-state index contributed by atoms with van der Waals surface area (Å²) in [5, 5.41) is 5.28. The highest BCUT2D eigenvalue weighted by atomic mass is 16.5. The zero-order valence-electron chi connectivity index (χ0n) is 31.6. The Morgan fingerprint density at radius 1 is 0.750 bits per heavy atom. The van der Waals surface area contributed by atoms with Gasteiger partial charge in [0.25, 0.3) is 0 Å². The second kappa shape index (κ2) is 13.9. The topological polar surface area (TPSA) is 64.9 Å². The van der Waals surface area contributed by atoms with E-state index in [0.717, 1.165) is 104 Å². The van der Waals surface area contributed by atoms with E-state index in [2.05, 4.69) is 143 Å². The van der Waals surface area contributed by atoms with Crippen molar-refractivity contribution < 1.29 is 4.74 Å². The molecule has 0 fully saturated rings. The van der Waals surface area contributed by atoms with Crippen LogP contribution in [0.15, 0.2) is 156 Å². The molecule has 4 aromatic rings. The van der Waals surface area contributed by atoms with Gasteiger partial charge in [-0.2, -0.15) is 0 Å². The van der Waals surface area contributed by atoms with Gasteiger partial charge in [0.2, 0.25) is 0 Å². The number of hydrogen-bond donors (Lipinski definition) is 1. The standard InChI is InChI=1S/C50H45N5O/c1-5-16-32(17-6-1)41-31-30-38(45(51-41)50-53-48(33-18-7-2-8-19-33)52-49(54-50)34-20-9-3-10-21-34)37-25-15-27-43-44(37)40-29-28-39-36-24-13-14-26-42(36)55(46(39)47(40)56-43)35-22-11-4-12-23-35/h1-2,4-5,7,9,11-14,16,20-26,28-31,33,40-41,47,51H,3,6,8,10,15,17-19,27H2. The summed E-state index contributed by atoms with van der Waals surface area (Å²) in [4.78, 5) is 15.9. The van der Waals surface area contributed by atoms with Gasteiger partial charge >= 0.3 is 0 Å². The number of hydrogen-bond acceptors (Lipinski definition) is 5. The number of benzene rings is 2. The maximum atomic E-state index is 7.18. The number of rotatable bonds is 6. The molecule has 11 rings (SSSR count). The van der Waals surface area contributed by atoms with Crippen molar-refractivity contribution in [3.8, 4) is 5.69 Å². The summed E-state index contributed by atoms with van der Waals surface area (Å²) in [6.45, 7) is 0. The molecule has 6 nitrogen and oxygen atoms in total. The maximum absolute atomic E-state index is 7.18. The van der Waals surface area contributed by atoms with E-state index in [0.29, 0.717) is 0 Å². The zero-order chi connectivity index (χ0) is 37.0. The molecule has 6 heteroatoms. The molecule has 2 aromatic heterocycles. The Hall–Kier alpha value is -6.01. The molecule has 2 aromatic carbocycles. The minimum Gasteiger partial charge on any atom is -0.487 e. The van der Waals surface area contributed by atoms with Gasteiger partial charge in [-0.15, -0.1) is 0 Å². The fourth-order valence-electron chi connectivity index (χ4n) is 9.77. The number of ether oxygens (including phenoxy) is 1. The number of aromatic nitrogens is 4. The molecule has 4 atom stereocenters. The Labute approximate surface area is 328 Å². The molecule has 276 valence electrons. The third kappa shape index (κ3) is 5.65. The summed E-state index contributed by atoms with van der Waals surface area (Å²) >= 11 is 0. The smallest absolute Gasteiger partial charge is 0.180 e. The molecule has 0 bridgehead atoms. The molecule has 5 aliphatic carbocycles. The van der Waals surface area contributed by atoms with Crippen LogP contribution in [0.3, 0.4) is 0 Å². The van der Waals surface area contributed by atoms with Crippen molar-refractivity contribution >= 4 is 28.2 Å². The van der Waals surface area contributed by atoms with Crippen LogP contribution in [0.4, 0.5) is 0 Å². The minimum atomic E-state index is -0.134. The van der Waals surface area contributed by atoms with Gasteiger partial charge in [0.1, 0.15) is 17.7 Å². The maximum Gasteiger partial charge on any atom is 0.180 e. The monoisotopic (exact) mass is 731 g/mol. The summed E-state index contributed by atoms with van der Waals surface area (Å²) < 4.78 is 9.61. The van der Waals surface area contributed by atoms with E-state index in [1.165, 1.54) is 38.9 Å². The molecular formula is C50H45N5O. The van der Waals surface area contributed by atoms with Gasteiger partial charge in [-0.05, 0) is 80.7 Å². The Balaban J connectivity index is 1.06. The first kappa shape index (κ1) is 33.3. The SMILES string of the molecule is C1=CCCC(C2C=CC(C3=CCCC4=C3C3C=Cc5c(n(-c6ccccc6)c6ccccc56)C3O4)=C(c3nc(C4=CCCC=C4)nc(C4CC=CCC4)n3)N2)=C1. The number of para-hydroxylation sites is 2. The Morgan fingerprint density at radius 3 is 2.52 bits per heavy atom. The fraction of sp³-hybridized carbons (Fsp3) is 0.260. The average Bonchev–Trinajstić information content (AvgIpc) is 3.84. The molecule has 0 saturated carbocycles. The van der Waals surface area contributed by atoms with Gasteiger partial charge in [0.15, 0.2) is 11.6 Å². The molecule has 4 unspecified atom stereocenters. The average molecular weight is 732 g/mol. The first-order chi connectivity index (χ1) is 27.8. The summed E-state index contributed by atoms with van der Waals surface area (Å²) in [6.07, 6.45) is 38.7. The molecule has 0 saturated heterocycles. The highest BCUT2D eigenvalue weighted by molar-refractivity contribution is 5.94. The minimum absolute atomic E-state index is 0.0534. The largest absolute Gasteiger partial charge is 0.487 e. The van der Waals surface area contributed by atoms with E-state index < -0.39 is 0 Å². The van der Waals surface area contributed by atoms with Crippen molar-refractivity contribution in [2.45, 2.75) is 75.9 Å². The molecule has 0 spiro atoms. The predicted octanol–water partition coefficient (Wildman–Crippen LogP) is 11.3. The highest BCUT2D eigenvalue weighted by Crippen LogP contribution is 2.55. The molecule has 7 aliphatic rings. The van der Waals surface area contributed by atoms with Crippen LogP contribution in [0.2, 0.25) is 0 Å². The second-order valence-corrected chi connectivity index (χ2v) is 15.8. The van der Waals surface area contributed by atoms with Crippen LogP contribution in [0, 0.1) is 5.92 Å². The van der Waals surface area contributed by atoms with E-state index >= 15 is 0 Å². The lowest BCUT2D eigenvalue weighted by Crippen LogP contribution is -2.33. The molecular weight excluding hydrogens is 687 g/mol. The Kier molecular flexibility index (Phi) is 8.29. The van der Waals surface area contributed by atoms with E-state index in [1.807, 2.05) is 0 Å². The third-order valence-electron chi connectivity index (χ3n) is 12.5. The highest BCUT2D eigenvalue weighted by Gasteiger charge is 2.45. The molecule has 56 heavy (non-hydrogen) atoms. The van der Waals surface area contributed by atoms with Crippen LogP contribution in [-0.2, 0) is 4.74 Å². The van der Waals surface area contributed by atoms with Gasteiger partial charge < -0.3 is 14.6 Å². The zero-order valence-corrected chi connectivity index (χ0v) is 31.6. The first-order valence-electron chi connectivity index (χ1n) is 20.6. The van der Waals surface area contributed by atoms with Crippen LogP contribution in [0.1, 0.15) is 98.5 Å². The lowest BCUT2D eigenvalue weighted by Gasteiger charge is -2.31. The molecule has 2 aliphatic heterocycles. The molecule has 0 amide bonds. The quantitative estimate of drug-likeness (QED) is 0.200. The Morgan fingerprint density at radius 2 is 1.66 bits per heavy atom. The van der Waals surface area contributed by atoms with E-state index in [9.17, 15) is 0 Å². The normalized spacial score (nSPS) is 25.0. The summed E-state index contributed by atoms with van der Waals surface area (Å²) in [6, 6.07) is 19.6. The van der Waals surface area contributed by atoms with Gasteiger partial charge in [0.05, 0.1) is 22.9 Å². The van der Waals surface area contributed by atoms with E-state index in [-0.39, 0.29) is 24.0 Å². The van der Waals surface area contributed by atoms with Crippen molar-refractivity contribution in [1.29, 1.82) is 0 Å². The van der Waals surface area contributed by atoms with Crippen LogP contribution < -0.4 is 5.32 Å².